The fourth-order valence-electron chi connectivity index (χ4n) is 7.05. The summed E-state index contributed by atoms with van der Waals surface area (Å²) in [5.41, 5.74) is -3.62. The Bertz CT molecular complexity index is 1530. The fourth-order valence-corrected chi connectivity index (χ4v) is 7.05. The van der Waals surface area contributed by atoms with E-state index in [2.05, 4.69) is 20.3 Å². The summed E-state index contributed by atoms with van der Waals surface area (Å²) in [6, 6.07) is 3.41. The van der Waals surface area contributed by atoms with Crippen LogP contribution in [0.4, 0.5) is 51.1 Å². The average Bonchev–Trinajstić information content (AvgIpc) is 3.44. The van der Waals surface area contributed by atoms with Crippen LogP contribution < -0.4 is 9.80 Å². The van der Waals surface area contributed by atoms with Gasteiger partial charge in [-0.2, -0.15) is 44.3 Å². The number of aromatic nitrogens is 4. The summed E-state index contributed by atoms with van der Waals surface area (Å²) < 4.78 is 125. The van der Waals surface area contributed by atoms with E-state index in [4.69, 9.17) is 0 Å². The Balaban J connectivity index is 1.60. The number of rotatable bonds is 8. The molecule has 5 rings (SSSR count). The van der Waals surface area contributed by atoms with Crippen LogP contribution in [0.3, 0.4) is 0 Å². The fraction of sp³-hybridized carbons (Fsp3) is 0.594. The number of hydrogen-bond acceptors (Lipinski definition) is 6. The smallest absolute Gasteiger partial charge is 0.393 e. The number of aryl methyl sites for hydroxylation is 1. The first-order valence-electron chi connectivity index (χ1n) is 15.8. The third-order valence-electron chi connectivity index (χ3n) is 9.59. The number of nitrogens with zero attached hydrogens (tertiary/aromatic N) is 6. The Labute approximate surface area is 271 Å². The molecule has 2 aromatic carbocycles. The van der Waals surface area contributed by atoms with Crippen LogP contribution in [0.1, 0.15) is 86.2 Å². The zero-order valence-corrected chi connectivity index (χ0v) is 26.5. The molecule has 0 spiro atoms. The Morgan fingerprint density at radius 1 is 0.875 bits per heavy atom. The first-order valence-corrected chi connectivity index (χ1v) is 15.8. The molecule has 7 nitrogen and oxygen atoms in total. The molecule has 0 radical (unpaired) electrons. The number of benzene rings is 2. The van der Waals surface area contributed by atoms with Gasteiger partial charge >= 0.3 is 18.5 Å². The summed E-state index contributed by atoms with van der Waals surface area (Å²) in [4.78, 5) is 4.47. The van der Waals surface area contributed by atoms with Crippen LogP contribution in [0.15, 0.2) is 36.4 Å². The van der Waals surface area contributed by atoms with E-state index >= 15 is 0 Å². The maximum atomic E-state index is 14.1. The van der Waals surface area contributed by atoms with Gasteiger partial charge in [0.2, 0.25) is 0 Å². The highest BCUT2D eigenvalue weighted by molar-refractivity contribution is 5.62. The summed E-state index contributed by atoms with van der Waals surface area (Å²) in [5, 5.41) is 22.0. The lowest BCUT2D eigenvalue weighted by Crippen LogP contribution is -2.47. The SMILES string of the molecule is CCC1CC(N(Cc2cc(C(F)(F)F)cc(C(F)(F)F)c2)c2nnn(C)n2)c2cc(C(F)(F)F)ccc2N1C[C@H]1CC[C@@H]([C@@H](C)O)CC1. The van der Waals surface area contributed by atoms with Gasteiger partial charge in [0, 0.05) is 24.8 Å². The van der Waals surface area contributed by atoms with Crippen LogP contribution in [-0.2, 0) is 32.1 Å². The molecule has 1 aliphatic heterocycles. The number of aliphatic hydroxyl groups excluding tert-OH is 1. The average molecular weight is 693 g/mol. The predicted molar refractivity (Wildman–Crippen MR) is 159 cm³/mol. The van der Waals surface area contributed by atoms with E-state index in [9.17, 15) is 44.6 Å². The Morgan fingerprint density at radius 2 is 1.48 bits per heavy atom. The summed E-state index contributed by atoms with van der Waals surface area (Å²) in [6.07, 6.45) is -11.3. The van der Waals surface area contributed by atoms with Gasteiger partial charge in [-0.15, -0.1) is 5.10 Å². The normalized spacial score (nSPS) is 22.8. The minimum Gasteiger partial charge on any atom is -0.393 e. The second-order valence-corrected chi connectivity index (χ2v) is 12.9. The molecule has 1 saturated carbocycles. The second kappa shape index (κ2) is 13.4. The highest BCUT2D eigenvalue weighted by atomic mass is 19.4. The highest BCUT2D eigenvalue weighted by Crippen LogP contribution is 2.47. The van der Waals surface area contributed by atoms with Crippen molar-refractivity contribution in [1.82, 2.24) is 20.2 Å². The predicted octanol–water partition coefficient (Wildman–Crippen LogP) is 8.19. The standard InChI is InChI=1S/C32H37F9N6O/c1-4-25-15-28(26-14-22(30(33,34)35)9-10-27(26)46(25)16-19-5-7-21(8-6-19)18(2)48)47(29-42-44-45(3)43-29)17-20-11-23(31(36,37)38)13-24(12-20)32(39,40)41/h9-14,18-19,21,25,28,48H,4-8,15-17H2,1-3H3/t18-,19-,21+,25?,28?/m1/s1. The molecular formula is C32H37F9N6O. The van der Waals surface area contributed by atoms with Crippen LogP contribution in [0.2, 0.25) is 0 Å². The van der Waals surface area contributed by atoms with Gasteiger partial charge in [-0.05, 0) is 110 Å². The van der Waals surface area contributed by atoms with Crippen LogP contribution in [-0.4, -0.2) is 44.0 Å². The Morgan fingerprint density at radius 3 is 1.98 bits per heavy atom. The number of anilines is 2. The van der Waals surface area contributed by atoms with E-state index in [1.54, 1.807) is 6.92 Å². The van der Waals surface area contributed by atoms with Gasteiger partial charge < -0.3 is 14.9 Å². The first kappa shape index (κ1) is 35.7. The van der Waals surface area contributed by atoms with Crippen molar-refractivity contribution >= 4 is 11.6 Å². The molecule has 16 heteroatoms. The highest BCUT2D eigenvalue weighted by Gasteiger charge is 2.42. The van der Waals surface area contributed by atoms with Crippen molar-refractivity contribution in [3.8, 4) is 0 Å². The third-order valence-corrected chi connectivity index (χ3v) is 9.59. The molecule has 0 amide bonds. The minimum atomic E-state index is -5.09. The molecule has 48 heavy (non-hydrogen) atoms. The first-order chi connectivity index (χ1) is 22.3. The Kier molecular flexibility index (Phi) is 9.97. The van der Waals surface area contributed by atoms with Gasteiger partial charge in [-0.25, -0.2) is 0 Å². The lowest BCUT2D eigenvalue weighted by Gasteiger charge is -2.47. The van der Waals surface area contributed by atoms with Gasteiger partial charge in [0.1, 0.15) is 0 Å². The molecule has 0 saturated heterocycles. The van der Waals surface area contributed by atoms with E-state index in [1.807, 2.05) is 6.92 Å². The van der Waals surface area contributed by atoms with Crippen molar-refractivity contribution in [2.45, 2.75) is 95.6 Å². The number of alkyl halides is 9. The molecule has 0 bridgehead atoms. The molecule has 2 unspecified atom stereocenters. The number of fused-ring (bicyclic) bond motifs is 1. The molecule has 2 heterocycles. The quantitative estimate of drug-likeness (QED) is 0.240. The van der Waals surface area contributed by atoms with E-state index < -0.39 is 53.9 Å². The maximum Gasteiger partial charge on any atom is 0.416 e. The minimum absolute atomic E-state index is 0.0274. The molecule has 3 aromatic rings. The Hall–Kier alpha value is -3.56. The van der Waals surface area contributed by atoms with Crippen molar-refractivity contribution in [3.05, 3.63) is 64.2 Å². The lowest BCUT2D eigenvalue weighted by molar-refractivity contribution is -0.143. The van der Waals surface area contributed by atoms with Crippen LogP contribution >= 0.6 is 0 Å². The third kappa shape index (κ3) is 7.84. The van der Waals surface area contributed by atoms with Crippen molar-refractivity contribution in [2.75, 3.05) is 16.3 Å². The van der Waals surface area contributed by atoms with Gasteiger partial charge in [-0.1, -0.05) is 12.0 Å². The largest absolute Gasteiger partial charge is 0.416 e. The second-order valence-electron chi connectivity index (χ2n) is 12.9. The molecule has 2 aliphatic rings. The van der Waals surface area contributed by atoms with Gasteiger partial charge in [0.15, 0.2) is 0 Å². The van der Waals surface area contributed by atoms with Crippen LogP contribution in [0, 0.1) is 11.8 Å². The van der Waals surface area contributed by atoms with E-state index in [1.165, 1.54) is 18.0 Å². The zero-order chi connectivity index (χ0) is 35.2. The van der Waals surface area contributed by atoms with Gasteiger partial charge in [0.25, 0.3) is 5.95 Å². The number of halogens is 9. The lowest BCUT2D eigenvalue weighted by atomic mass is 9.78. The van der Waals surface area contributed by atoms with Crippen molar-refractivity contribution < 1.29 is 44.6 Å². The molecule has 264 valence electrons. The maximum absolute atomic E-state index is 14.1. The van der Waals surface area contributed by atoms with Crippen molar-refractivity contribution in [2.24, 2.45) is 18.9 Å². The van der Waals surface area contributed by atoms with Crippen LogP contribution in [0.25, 0.3) is 0 Å². The van der Waals surface area contributed by atoms with Crippen LogP contribution in [0.5, 0.6) is 0 Å². The van der Waals surface area contributed by atoms with E-state index in [0.717, 1.165) is 42.6 Å². The molecule has 1 aliphatic carbocycles. The van der Waals surface area contributed by atoms with Crippen molar-refractivity contribution in [1.29, 1.82) is 0 Å². The van der Waals surface area contributed by atoms with Gasteiger partial charge in [0.05, 0.1) is 35.9 Å². The summed E-state index contributed by atoms with van der Waals surface area (Å²) in [6.45, 7) is 3.65. The summed E-state index contributed by atoms with van der Waals surface area (Å²) >= 11 is 0. The number of tetrazole rings is 1. The molecule has 1 N–H and O–H groups in total. The number of aliphatic hydroxyl groups is 1. The van der Waals surface area contributed by atoms with E-state index in [-0.39, 0.29) is 47.4 Å². The number of hydrogen-bond donors (Lipinski definition) is 1. The zero-order valence-electron chi connectivity index (χ0n) is 26.5. The topological polar surface area (TPSA) is 70.3 Å². The molecular weight excluding hydrogens is 655 g/mol. The molecule has 3 atom stereocenters. The van der Waals surface area contributed by atoms with Gasteiger partial charge in [-0.3, -0.25) is 0 Å². The van der Waals surface area contributed by atoms with Crippen molar-refractivity contribution in [3.63, 3.8) is 0 Å². The summed E-state index contributed by atoms with van der Waals surface area (Å²) in [5.74, 6) is 0.235. The summed E-state index contributed by atoms with van der Waals surface area (Å²) in [7, 11) is 1.42. The van der Waals surface area contributed by atoms with E-state index in [0.29, 0.717) is 30.8 Å². The monoisotopic (exact) mass is 692 g/mol. The molecule has 1 fully saturated rings. The molecule has 1 aromatic heterocycles.